The van der Waals surface area contributed by atoms with Gasteiger partial charge in [-0.05, 0) is 44.9 Å². The van der Waals surface area contributed by atoms with Crippen LogP contribution in [0.2, 0.25) is 0 Å². The molecular formula is C77H150NO8P. The van der Waals surface area contributed by atoms with Crippen LogP contribution in [0.3, 0.4) is 0 Å². The topological polar surface area (TPSA) is 111 Å². The highest BCUT2D eigenvalue weighted by Crippen LogP contribution is 2.38. The number of phosphoric ester groups is 1. The molecule has 0 amide bonds. The normalized spacial score (nSPS) is 13.1. The summed E-state index contributed by atoms with van der Waals surface area (Å²) in [6.07, 6.45) is 87.3. The second-order valence-electron chi connectivity index (χ2n) is 27.7. The molecule has 9 nitrogen and oxygen atoms in total. The van der Waals surface area contributed by atoms with E-state index in [1.165, 1.54) is 327 Å². The Labute approximate surface area is 542 Å². The summed E-state index contributed by atoms with van der Waals surface area (Å²) in [7, 11) is 1.19. The maximum Gasteiger partial charge on any atom is 0.306 e. The van der Waals surface area contributed by atoms with Gasteiger partial charge in [-0.2, -0.15) is 0 Å². The quantitative estimate of drug-likeness (QED) is 0.0195. The summed E-state index contributed by atoms with van der Waals surface area (Å²) < 4.78 is 34.4. The van der Waals surface area contributed by atoms with E-state index < -0.39 is 26.5 Å². The minimum atomic E-state index is -4.64. The van der Waals surface area contributed by atoms with Crippen molar-refractivity contribution in [1.82, 2.24) is 0 Å². The van der Waals surface area contributed by atoms with Crippen molar-refractivity contribution in [2.45, 2.75) is 412 Å². The van der Waals surface area contributed by atoms with Gasteiger partial charge >= 0.3 is 11.9 Å². The second-order valence-corrected chi connectivity index (χ2v) is 29.1. The summed E-state index contributed by atoms with van der Waals surface area (Å²) in [5.41, 5.74) is 0. The van der Waals surface area contributed by atoms with E-state index in [0.29, 0.717) is 17.4 Å². The van der Waals surface area contributed by atoms with Gasteiger partial charge < -0.3 is 27.9 Å². The second kappa shape index (κ2) is 68.8. The van der Waals surface area contributed by atoms with E-state index in [4.69, 9.17) is 18.5 Å². The van der Waals surface area contributed by atoms with Crippen molar-refractivity contribution in [2.75, 3.05) is 47.5 Å². The molecule has 87 heavy (non-hydrogen) atoms. The van der Waals surface area contributed by atoms with Gasteiger partial charge in [-0.1, -0.05) is 372 Å². The summed E-state index contributed by atoms with van der Waals surface area (Å²) in [6.45, 7) is 4.31. The van der Waals surface area contributed by atoms with Crippen LogP contribution in [0.4, 0.5) is 0 Å². The number of unbranched alkanes of at least 4 members (excludes halogenated alkanes) is 55. The lowest BCUT2D eigenvalue weighted by molar-refractivity contribution is -0.870. The molecule has 0 N–H and O–H groups in total. The predicted octanol–water partition coefficient (Wildman–Crippen LogP) is 24.6. The standard InChI is InChI=1S/C77H150NO8P/c1-6-8-10-12-14-16-18-20-22-24-26-28-30-32-33-34-35-36-37-38-39-40-41-42-43-44-46-47-49-51-53-55-57-59-61-63-65-67-69-76(79)83-73-75(74-85-87(81,82)84-72-71-78(3,4)5)86-77(80)70-68-66-64-62-60-58-56-54-52-50-48-45-31-29-27-25-23-21-19-17-15-13-11-9-7-2/h19,21,25,27,75H,6-18,20,22-24,26,28-74H2,1-5H3/b21-19-,27-25-. The molecule has 0 aromatic carbocycles. The van der Waals surface area contributed by atoms with Crippen LogP contribution in [0.15, 0.2) is 24.3 Å². The van der Waals surface area contributed by atoms with Crippen molar-refractivity contribution in [3.05, 3.63) is 24.3 Å². The van der Waals surface area contributed by atoms with Gasteiger partial charge in [-0.25, -0.2) is 0 Å². The van der Waals surface area contributed by atoms with Crippen LogP contribution in [0, 0.1) is 0 Å². The largest absolute Gasteiger partial charge is 0.756 e. The summed E-state index contributed by atoms with van der Waals surface area (Å²) in [4.78, 5) is 38.1. The molecule has 0 aromatic heterocycles. The molecule has 0 radical (unpaired) electrons. The SMILES string of the molecule is CCCCCCC/C=C\C/C=C\CCCCCCCCCCCCCCCC(=O)OC(COC(=O)CCCCCCCCCCCCCCCCCCCCCCCCCCCCCCCCCCCCCCCC)COP(=O)([O-])OCC[N+](C)(C)C. The van der Waals surface area contributed by atoms with Gasteiger partial charge in [0.1, 0.15) is 19.8 Å². The zero-order valence-electron chi connectivity index (χ0n) is 59.0. The Morgan fingerprint density at radius 2 is 0.621 bits per heavy atom. The number of carbonyl (C=O) groups is 2. The first-order chi connectivity index (χ1) is 42.5. The Balaban J connectivity index is 3.89. The monoisotopic (exact) mass is 1250 g/mol. The van der Waals surface area contributed by atoms with Gasteiger partial charge in [0, 0.05) is 12.8 Å². The van der Waals surface area contributed by atoms with Crippen molar-refractivity contribution in [1.29, 1.82) is 0 Å². The molecule has 0 aliphatic rings. The molecule has 0 aromatic rings. The van der Waals surface area contributed by atoms with Crippen molar-refractivity contribution in [3.8, 4) is 0 Å². The van der Waals surface area contributed by atoms with E-state index in [-0.39, 0.29) is 32.0 Å². The third-order valence-electron chi connectivity index (χ3n) is 17.7. The number of phosphoric acid groups is 1. The molecule has 0 spiro atoms. The zero-order chi connectivity index (χ0) is 63.4. The minimum absolute atomic E-state index is 0.0277. The molecule has 10 heteroatoms. The molecule has 0 saturated heterocycles. The fourth-order valence-electron chi connectivity index (χ4n) is 11.8. The molecule has 2 atom stereocenters. The van der Waals surface area contributed by atoms with Crippen LogP contribution in [-0.4, -0.2) is 70.0 Å². The fourth-order valence-corrected chi connectivity index (χ4v) is 12.5. The average Bonchev–Trinajstić information content (AvgIpc) is 3.49. The van der Waals surface area contributed by atoms with Crippen molar-refractivity contribution >= 4 is 19.8 Å². The predicted molar refractivity (Wildman–Crippen MR) is 375 cm³/mol. The molecule has 0 aliphatic carbocycles. The lowest BCUT2D eigenvalue weighted by atomic mass is 10.0. The van der Waals surface area contributed by atoms with Crippen LogP contribution in [0.25, 0.3) is 0 Å². The minimum Gasteiger partial charge on any atom is -0.756 e. The van der Waals surface area contributed by atoms with Crippen molar-refractivity contribution in [2.24, 2.45) is 0 Å². The summed E-state index contributed by atoms with van der Waals surface area (Å²) in [6, 6.07) is 0. The highest BCUT2D eigenvalue weighted by molar-refractivity contribution is 7.45. The summed E-state index contributed by atoms with van der Waals surface area (Å²) >= 11 is 0. The Morgan fingerprint density at radius 1 is 0.356 bits per heavy atom. The molecule has 0 heterocycles. The Morgan fingerprint density at radius 3 is 0.908 bits per heavy atom. The number of likely N-dealkylation sites (N-methyl/N-ethyl adjacent to an activating group) is 1. The molecule has 0 saturated carbocycles. The Kier molecular flexibility index (Phi) is 67.7. The number of rotatable bonds is 73. The molecule has 0 fully saturated rings. The number of nitrogens with zero attached hydrogens (tertiary/aromatic N) is 1. The lowest BCUT2D eigenvalue weighted by Gasteiger charge is -2.28. The fraction of sp³-hybridized carbons (Fsp3) is 0.922. The molecule has 0 rings (SSSR count). The van der Waals surface area contributed by atoms with Gasteiger partial charge in [0.05, 0.1) is 27.7 Å². The van der Waals surface area contributed by atoms with E-state index >= 15 is 0 Å². The number of quaternary nitrogens is 1. The molecule has 0 bridgehead atoms. The number of carbonyl (C=O) groups excluding carboxylic acids is 2. The van der Waals surface area contributed by atoms with Gasteiger partial charge in [-0.15, -0.1) is 0 Å². The first-order valence-electron chi connectivity index (χ1n) is 38.5. The van der Waals surface area contributed by atoms with E-state index in [1.807, 2.05) is 21.1 Å². The molecular weight excluding hydrogens is 1100 g/mol. The first kappa shape index (κ1) is 85.5. The van der Waals surface area contributed by atoms with Gasteiger partial charge in [0.15, 0.2) is 6.10 Å². The third kappa shape index (κ3) is 73.4. The van der Waals surface area contributed by atoms with Crippen molar-refractivity contribution < 1.29 is 42.1 Å². The Hall–Kier alpha value is -1.51. The van der Waals surface area contributed by atoms with Crippen LogP contribution in [0.5, 0.6) is 0 Å². The van der Waals surface area contributed by atoms with Crippen LogP contribution in [-0.2, 0) is 32.7 Å². The van der Waals surface area contributed by atoms with Crippen LogP contribution < -0.4 is 4.89 Å². The van der Waals surface area contributed by atoms with E-state index in [2.05, 4.69) is 38.2 Å². The summed E-state index contributed by atoms with van der Waals surface area (Å²) in [5, 5.41) is 0. The number of esters is 2. The van der Waals surface area contributed by atoms with E-state index in [0.717, 1.165) is 44.9 Å². The number of allylic oxidation sites excluding steroid dienone is 4. The highest BCUT2D eigenvalue weighted by atomic mass is 31.2. The van der Waals surface area contributed by atoms with Gasteiger partial charge in [-0.3, -0.25) is 14.2 Å². The average molecular weight is 1250 g/mol. The summed E-state index contributed by atoms with van der Waals surface area (Å²) in [5.74, 6) is -0.810. The highest BCUT2D eigenvalue weighted by Gasteiger charge is 2.22. The number of ether oxygens (including phenoxy) is 2. The lowest BCUT2D eigenvalue weighted by Crippen LogP contribution is -2.37. The third-order valence-corrected chi connectivity index (χ3v) is 18.7. The maximum atomic E-state index is 12.9. The number of hydrogen-bond donors (Lipinski definition) is 0. The molecule has 2 unspecified atom stereocenters. The van der Waals surface area contributed by atoms with Crippen LogP contribution >= 0.6 is 7.82 Å². The molecule has 516 valence electrons. The maximum absolute atomic E-state index is 12.9. The van der Waals surface area contributed by atoms with E-state index in [9.17, 15) is 19.0 Å². The number of hydrogen-bond acceptors (Lipinski definition) is 8. The smallest absolute Gasteiger partial charge is 0.306 e. The molecule has 0 aliphatic heterocycles. The van der Waals surface area contributed by atoms with Gasteiger partial charge in [0.25, 0.3) is 7.82 Å². The van der Waals surface area contributed by atoms with Gasteiger partial charge in [0.2, 0.25) is 0 Å². The zero-order valence-corrected chi connectivity index (χ0v) is 59.9. The Bertz CT molecular complexity index is 1510. The van der Waals surface area contributed by atoms with Crippen LogP contribution in [0.1, 0.15) is 406 Å². The van der Waals surface area contributed by atoms with E-state index in [1.54, 1.807) is 0 Å². The van der Waals surface area contributed by atoms with Crippen molar-refractivity contribution in [3.63, 3.8) is 0 Å². The first-order valence-corrected chi connectivity index (χ1v) is 40.0.